The van der Waals surface area contributed by atoms with Crippen molar-refractivity contribution in [2.45, 2.75) is 18.4 Å². The van der Waals surface area contributed by atoms with Gasteiger partial charge in [0.2, 0.25) is 5.91 Å². The lowest BCUT2D eigenvalue weighted by Gasteiger charge is -2.43. The highest BCUT2D eigenvalue weighted by atomic mass is 32.2. The number of amides is 1. The maximum Gasteiger partial charge on any atom is 0.354 e. The van der Waals surface area contributed by atoms with Gasteiger partial charge in [-0.3, -0.25) is 9.69 Å². The van der Waals surface area contributed by atoms with Gasteiger partial charge in [-0.25, -0.2) is 4.79 Å². The summed E-state index contributed by atoms with van der Waals surface area (Å²) in [7, 11) is 0. The normalized spacial score (nSPS) is 30.2. The predicted octanol–water partition coefficient (Wildman–Crippen LogP) is 0.515. The van der Waals surface area contributed by atoms with Crippen molar-refractivity contribution in [1.82, 2.24) is 4.90 Å². The summed E-state index contributed by atoms with van der Waals surface area (Å²) in [6.07, 6.45) is 1.04. The van der Waals surface area contributed by atoms with Crippen molar-refractivity contribution in [3.05, 3.63) is 9.93 Å². The Kier molecular flexibility index (Phi) is 2.93. The van der Waals surface area contributed by atoms with Gasteiger partial charge in [0, 0.05) is 0 Å². The molecule has 3 atom stereocenters. The Morgan fingerprint density at radius 3 is 2.69 bits per heavy atom. The van der Waals surface area contributed by atoms with E-state index in [0.29, 0.717) is 4.24 Å². The summed E-state index contributed by atoms with van der Waals surface area (Å²) in [6, 6.07) is 0. The van der Waals surface area contributed by atoms with E-state index in [4.69, 9.17) is 5.11 Å². The molecule has 2 unspecified atom stereocenters. The van der Waals surface area contributed by atoms with E-state index in [9.17, 15) is 14.7 Å². The standard InChI is InChI=1S/C9H11NO4S2/c1-3(11)4-6(12)10-5(8(13)14)9(15-2)16-7(4)10/h3-4,7,11H,1-2H3,(H,13,14)/t3-,4?,7?/m1/s1. The van der Waals surface area contributed by atoms with Crippen LogP contribution in [-0.4, -0.2) is 44.7 Å². The van der Waals surface area contributed by atoms with Crippen LogP contribution in [0.25, 0.3) is 0 Å². The minimum absolute atomic E-state index is 0.0596. The molecular formula is C9H11NO4S2. The highest BCUT2D eigenvalue weighted by molar-refractivity contribution is 8.22. The third-order valence-corrected chi connectivity index (χ3v) is 5.16. The molecule has 0 aromatic rings. The molecule has 0 radical (unpaired) electrons. The van der Waals surface area contributed by atoms with E-state index in [1.165, 1.54) is 28.4 Å². The highest BCUT2D eigenvalue weighted by Gasteiger charge is 2.57. The van der Waals surface area contributed by atoms with Gasteiger partial charge in [-0.05, 0) is 13.2 Å². The lowest BCUT2D eigenvalue weighted by atomic mass is 9.92. The summed E-state index contributed by atoms with van der Waals surface area (Å²) >= 11 is 2.66. The molecule has 2 aliphatic heterocycles. The number of aliphatic hydroxyl groups is 1. The number of carbonyl (C=O) groups is 2. The largest absolute Gasteiger partial charge is 0.477 e. The van der Waals surface area contributed by atoms with Crippen molar-refractivity contribution in [3.8, 4) is 0 Å². The molecule has 2 N–H and O–H groups in total. The number of aliphatic hydroxyl groups excluding tert-OH is 1. The monoisotopic (exact) mass is 261 g/mol. The highest BCUT2D eigenvalue weighted by Crippen LogP contribution is 2.53. The van der Waals surface area contributed by atoms with Gasteiger partial charge < -0.3 is 10.2 Å². The molecule has 0 spiro atoms. The molecule has 0 saturated carbocycles. The topological polar surface area (TPSA) is 77.8 Å². The number of hydrogen-bond donors (Lipinski definition) is 2. The number of fused-ring (bicyclic) bond motifs is 1. The molecule has 0 aromatic carbocycles. The van der Waals surface area contributed by atoms with E-state index in [0.717, 1.165) is 0 Å². The number of β-lactam (4-membered cyclic amide) rings is 1. The number of carboxylic acid groups (broad SMARTS) is 1. The second-order valence-corrected chi connectivity index (χ2v) is 5.83. The molecule has 2 rings (SSSR count). The van der Waals surface area contributed by atoms with Crippen molar-refractivity contribution in [3.63, 3.8) is 0 Å². The fraction of sp³-hybridized carbons (Fsp3) is 0.556. The second kappa shape index (κ2) is 3.97. The maximum atomic E-state index is 11.7. The van der Waals surface area contributed by atoms with Crippen molar-refractivity contribution < 1.29 is 19.8 Å². The summed E-state index contributed by atoms with van der Waals surface area (Å²) < 4.78 is 0.633. The lowest BCUT2D eigenvalue weighted by Crippen LogP contribution is -2.60. The Bertz CT molecular complexity index is 393. The summed E-state index contributed by atoms with van der Waals surface area (Å²) in [5, 5.41) is 18.2. The average Bonchev–Trinajstić information content (AvgIpc) is 2.51. The van der Waals surface area contributed by atoms with Crippen LogP contribution in [0, 0.1) is 5.92 Å². The van der Waals surface area contributed by atoms with Crippen LogP contribution in [0.15, 0.2) is 9.93 Å². The quantitative estimate of drug-likeness (QED) is 0.721. The molecule has 5 nitrogen and oxygen atoms in total. The van der Waals surface area contributed by atoms with Gasteiger partial charge in [-0.2, -0.15) is 0 Å². The molecule has 1 saturated heterocycles. The Labute approximate surface area is 101 Å². The summed E-state index contributed by atoms with van der Waals surface area (Å²) in [4.78, 5) is 24.0. The molecule has 1 fully saturated rings. The third-order valence-electron chi connectivity index (χ3n) is 2.65. The number of thioether (sulfide) groups is 2. The number of nitrogens with zero attached hydrogens (tertiary/aromatic N) is 1. The molecular weight excluding hydrogens is 250 g/mol. The molecule has 16 heavy (non-hydrogen) atoms. The van der Waals surface area contributed by atoms with Crippen molar-refractivity contribution in [2.75, 3.05) is 6.26 Å². The van der Waals surface area contributed by atoms with Gasteiger partial charge in [0.05, 0.1) is 16.3 Å². The molecule has 0 aliphatic carbocycles. The molecule has 0 aromatic heterocycles. The molecule has 0 bridgehead atoms. The van der Waals surface area contributed by atoms with Gasteiger partial charge in [0.15, 0.2) is 5.70 Å². The molecule has 2 aliphatic rings. The van der Waals surface area contributed by atoms with Gasteiger partial charge in [-0.1, -0.05) is 11.8 Å². The smallest absolute Gasteiger partial charge is 0.354 e. The molecule has 88 valence electrons. The van der Waals surface area contributed by atoms with Crippen LogP contribution in [0.5, 0.6) is 0 Å². The molecule has 7 heteroatoms. The van der Waals surface area contributed by atoms with Crippen LogP contribution in [0.2, 0.25) is 0 Å². The van der Waals surface area contributed by atoms with E-state index in [2.05, 4.69) is 0 Å². The second-order valence-electron chi connectivity index (χ2n) is 3.63. The van der Waals surface area contributed by atoms with E-state index in [1.807, 2.05) is 0 Å². The first-order chi connectivity index (χ1) is 7.49. The zero-order valence-corrected chi connectivity index (χ0v) is 10.3. The van der Waals surface area contributed by atoms with E-state index < -0.39 is 18.0 Å². The lowest BCUT2D eigenvalue weighted by molar-refractivity contribution is -0.156. The number of carboxylic acids is 1. The Morgan fingerprint density at radius 2 is 2.25 bits per heavy atom. The Hall–Kier alpha value is -0.660. The number of carbonyl (C=O) groups excluding carboxylic acids is 1. The average molecular weight is 261 g/mol. The summed E-state index contributed by atoms with van der Waals surface area (Å²) in [6.45, 7) is 1.55. The fourth-order valence-corrected chi connectivity index (χ4v) is 4.27. The van der Waals surface area contributed by atoms with Crippen LogP contribution >= 0.6 is 23.5 Å². The Morgan fingerprint density at radius 1 is 1.62 bits per heavy atom. The van der Waals surface area contributed by atoms with Gasteiger partial charge in [0.1, 0.15) is 5.37 Å². The maximum absolute atomic E-state index is 11.7. The van der Waals surface area contributed by atoms with Crippen LogP contribution in [0.4, 0.5) is 0 Å². The molecule has 2 heterocycles. The Balaban J connectivity index is 2.29. The first-order valence-corrected chi connectivity index (χ1v) is 6.78. The van der Waals surface area contributed by atoms with Gasteiger partial charge in [0.25, 0.3) is 0 Å². The predicted molar refractivity (Wildman–Crippen MR) is 61.6 cm³/mol. The van der Waals surface area contributed by atoms with E-state index >= 15 is 0 Å². The zero-order valence-electron chi connectivity index (χ0n) is 8.71. The minimum atomic E-state index is -1.09. The van der Waals surface area contributed by atoms with Crippen LogP contribution < -0.4 is 0 Å². The van der Waals surface area contributed by atoms with Crippen LogP contribution in [0.1, 0.15) is 6.92 Å². The number of rotatable bonds is 3. The van der Waals surface area contributed by atoms with Crippen molar-refractivity contribution >= 4 is 35.4 Å². The number of aliphatic carboxylic acids is 1. The van der Waals surface area contributed by atoms with Crippen molar-refractivity contribution in [2.24, 2.45) is 5.92 Å². The van der Waals surface area contributed by atoms with Gasteiger partial charge >= 0.3 is 5.97 Å². The van der Waals surface area contributed by atoms with Crippen LogP contribution in [-0.2, 0) is 9.59 Å². The third kappa shape index (κ3) is 1.46. The van der Waals surface area contributed by atoms with Crippen molar-refractivity contribution in [1.29, 1.82) is 0 Å². The minimum Gasteiger partial charge on any atom is -0.477 e. The first kappa shape index (κ1) is 11.8. The summed E-state index contributed by atoms with van der Waals surface area (Å²) in [5.74, 6) is -1.87. The van der Waals surface area contributed by atoms with Crippen LogP contribution in [0.3, 0.4) is 0 Å². The first-order valence-electron chi connectivity index (χ1n) is 4.68. The van der Waals surface area contributed by atoms with E-state index in [-0.39, 0.29) is 17.0 Å². The van der Waals surface area contributed by atoms with Gasteiger partial charge in [-0.15, -0.1) is 11.8 Å². The zero-order chi connectivity index (χ0) is 12.0. The SMILES string of the molecule is CSC1=C(C(=O)O)N2C(=O)C([C@@H](C)O)C2S1. The number of hydrogen-bond acceptors (Lipinski definition) is 5. The molecule has 1 amide bonds. The van der Waals surface area contributed by atoms with E-state index in [1.54, 1.807) is 13.2 Å². The fourth-order valence-electron chi connectivity index (χ4n) is 1.89. The summed E-state index contributed by atoms with van der Waals surface area (Å²) in [5.41, 5.74) is 0.0596.